The molecule has 2 rings (SSSR count). The quantitative estimate of drug-likeness (QED) is 0.793. The molecule has 0 spiro atoms. The Kier molecular flexibility index (Phi) is 4.63. The molecule has 1 aromatic rings. The first-order valence-electron chi connectivity index (χ1n) is 6.93. The van der Waals surface area contributed by atoms with Crippen LogP contribution >= 0.6 is 0 Å². The van der Waals surface area contributed by atoms with Gasteiger partial charge in [0.25, 0.3) is 10.1 Å². The van der Waals surface area contributed by atoms with Gasteiger partial charge < -0.3 is 0 Å². The van der Waals surface area contributed by atoms with Crippen molar-refractivity contribution < 1.29 is 12.6 Å². The number of hydrogen-bond donors (Lipinski definition) is 0. The Morgan fingerprint density at radius 3 is 2.53 bits per heavy atom. The van der Waals surface area contributed by atoms with Crippen LogP contribution in [0, 0.1) is 18.8 Å². The van der Waals surface area contributed by atoms with Gasteiger partial charge in [-0.15, -0.1) is 0 Å². The van der Waals surface area contributed by atoms with Gasteiger partial charge >= 0.3 is 0 Å². The van der Waals surface area contributed by atoms with Gasteiger partial charge in [-0.3, -0.25) is 4.18 Å². The summed E-state index contributed by atoms with van der Waals surface area (Å²) in [4.78, 5) is 0.252. The standard InChI is InChI=1S/C15H22O3S/c1-12-6-8-15(9-7-12)19(16,17)18-11-14-5-3-4-13(2)10-14/h6-9,13-14H,3-5,10-11H2,1-2H3. The van der Waals surface area contributed by atoms with Crippen LogP contribution < -0.4 is 0 Å². The second-order valence-electron chi connectivity index (χ2n) is 5.69. The van der Waals surface area contributed by atoms with Crippen LogP contribution in [0.3, 0.4) is 0 Å². The predicted octanol–water partition coefficient (Wildman–Crippen LogP) is 3.53. The molecule has 19 heavy (non-hydrogen) atoms. The zero-order valence-corrected chi connectivity index (χ0v) is 12.4. The van der Waals surface area contributed by atoms with E-state index in [0.29, 0.717) is 18.4 Å². The zero-order valence-electron chi connectivity index (χ0n) is 11.6. The molecule has 1 aromatic carbocycles. The van der Waals surface area contributed by atoms with Crippen molar-refractivity contribution >= 4 is 10.1 Å². The molecule has 1 fully saturated rings. The summed E-state index contributed by atoms with van der Waals surface area (Å²) in [6.45, 7) is 4.47. The molecular formula is C15H22O3S. The van der Waals surface area contributed by atoms with E-state index in [1.54, 1.807) is 24.3 Å². The van der Waals surface area contributed by atoms with Crippen LogP contribution in [0.2, 0.25) is 0 Å². The Hall–Kier alpha value is -0.870. The number of rotatable bonds is 4. The topological polar surface area (TPSA) is 43.4 Å². The SMILES string of the molecule is Cc1ccc(S(=O)(=O)OCC2CCCC(C)C2)cc1. The van der Waals surface area contributed by atoms with Crippen molar-refractivity contribution in [2.75, 3.05) is 6.61 Å². The highest BCUT2D eigenvalue weighted by Crippen LogP contribution is 2.29. The molecule has 2 atom stereocenters. The van der Waals surface area contributed by atoms with Crippen molar-refractivity contribution in [3.8, 4) is 0 Å². The van der Waals surface area contributed by atoms with Crippen LogP contribution in [0.15, 0.2) is 29.2 Å². The molecule has 0 radical (unpaired) electrons. The molecule has 0 aromatic heterocycles. The maximum Gasteiger partial charge on any atom is 0.296 e. The van der Waals surface area contributed by atoms with E-state index >= 15 is 0 Å². The fourth-order valence-corrected chi connectivity index (χ4v) is 3.65. The molecule has 0 amide bonds. The van der Waals surface area contributed by atoms with Gasteiger partial charge in [0.2, 0.25) is 0 Å². The molecule has 0 heterocycles. The maximum atomic E-state index is 12.0. The van der Waals surface area contributed by atoms with E-state index in [2.05, 4.69) is 6.92 Å². The summed E-state index contributed by atoms with van der Waals surface area (Å²) in [5.74, 6) is 1.06. The van der Waals surface area contributed by atoms with E-state index < -0.39 is 10.1 Å². The lowest BCUT2D eigenvalue weighted by atomic mass is 9.83. The number of benzene rings is 1. The van der Waals surface area contributed by atoms with Crippen LogP contribution in [0.5, 0.6) is 0 Å². The monoisotopic (exact) mass is 282 g/mol. The lowest BCUT2D eigenvalue weighted by Crippen LogP contribution is -2.20. The first kappa shape index (κ1) is 14.5. The smallest absolute Gasteiger partial charge is 0.266 e. The highest BCUT2D eigenvalue weighted by molar-refractivity contribution is 7.86. The van der Waals surface area contributed by atoms with Crippen molar-refractivity contribution in [3.05, 3.63) is 29.8 Å². The highest BCUT2D eigenvalue weighted by atomic mass is 32.2. The third-order valence-electron chi connectivity index (χ3n) is 3.81. The van der Waals surface area contributed by atoms with E-state index in [0.717, 1.165) is 18.4 Å². The molecule has 0 saturated heterocycles. The Morgan fingerprint density at radius 1 is 1.21 bits per heavy atom. The van der Waals surface area contributed by atoms with Crippen LogP contribution in [0.4, 0.5) is 0 Å². The molecule has 1 aliphatic carbocycles. The molecular weight excluding hydrogens is 260 g/mol. The largest absolute Gasteiger partial charge is 0.296 e. The second-order valence-corrected chi connectivity index (χ2v) is 7.30. The second kappa shape index (κ2) is 6.06. The molecule has 0 N–H and O–H groups in total. The molecule has 4 heteroatoms. The third kappa shape index (κ3) is 4.05. The number of aryl methyl sites for hydroxylation is 1. The minimum absolute atomic E-state index is 0.252. The van der Waals surface area contributed by atoms with Gasteiger partial charge in [-0.2, -0.15) is 8.42 Å². The molecule has 2 unspecified atom stereocenters. The minimum atomic E-state index is -3.59. The van der Waals surface area contributed by atoms with Gasteiger partial charge in [0, 0.05) is 0 Å². The summed E-state index contributed by atoms with van der Waals surface area (Å²) in [6.07, 6.45) is 4.58. The average Bonchev–Trinajstić information content (AvgIpc) is 2.37. The lowest BCUT2D eigenvalue weighted by Gasteiger charge is -2.26. The summed E-state index contributed by atoms with van der Waals surface area (Å²) in [5, 5.41) is 0. The average molecular weight is 282 g/mol. The fraction of sp³-hybridized carbons (Fsp3) is 0.600. The summed E-state index contributed by atoms with van der Waals surface area (Å²) in [5.41, 5.74) is 1.04. The highest BCUT2D eigenvalue weighted by Gasteiger charge is 2.22. The van der Waals surface area contributed by atoms with Crippen molar-refractivity contribution in [3.63, 3.8) is 0 Å². The van der Waals surface area contributed by atoms with Gasteiger partial charge in [-0.05, 0) is 43.7 Å². The summed E-state index contributed by atoms with van der Waals surface area (Å²) in [7, 11) is -3.59. The van der Waals surface area contributed by atoms with Gasteiger partial charge in [0.1, 0.15) is 0 Å². The molecule has 1 aliphatic rings. The molecule has 106 valence electrons. The molecule has 0 bridgehead atoms. The third-order valence-corrected chi connectivity index (χ3v) is 5.11. The van der Waals surface area contributed by atoms with Crippen LogP contribution in [-0.4, -0.2) is 15.0 Å². The Bertz CT molecular complexity index is 505. The van der Waals surface area contributed by atoms with Crippen LogP contribution in [0.25, 0.3) is 0 Å². The summed E-state index contributed by atoms with van der Waals surface area (Å²) >= 11 is 0. The van der Waals surface area contributed by atoms with Gasteiger partial charge in [0.15, 0.2) is 0 Å². The van der Waals surface area contributed by atoms with Crippen molar-refractivity contribution in [2.24, 2.45) is 11.8 Å². The summed E-state index contributed by atoms with van der Waals surface area (Å²) < 4.78 is 29.3. The van der Waals surface area contributed by atoms with Crippen LogP contribution in [0.1, 0.15) is 38.2 Å². The van der Waals surface area contributed by atoms with Gasteiger partial charge in [-0.25, -0.2) is 0 Å². The van der Waals surface area contributed by atoms with E-state index in [1.165, 1.54) is 12.8 Å². The predicted molar refractivity (Wildman–Crippen MR) is 75.4 cm³/mol. The van der Waals surface area contributed by atoms with E-state index in [4.69, 9.17) is 4.18 Å². The molecule has 3 nitrogen and oxygen atoms in total. The fourth-order valence-electron chi connectivity index (χ4n) is 2.67. The van der Waals surface area contributed by atoms with Crippen molar-refractivity contribution in [2.45, 2.75) is 44.4 Å². The Balaban J connectivity index is 1.96. The molecule has 0 aliphatic heterocycles. The van der Waals surface area contributed by atoms with Gasteiger partial charge in [-0.1, -0.05) is 37.5 Å². The first-order chi connectivity index (χ1) is 8.97. The Morgan fingerprint density at radius 2 is 1.89 bits per heavy atom. The maximum absolute atomic E-state index is 12.0. The van der Waals surface area contributed by atoms with Crippen molar-refractivity contribution in [1.82, 2.24) is 0 Å². The van der Waals surface area contributed by atoms with E-state index in [9.17, 15) is 8.42 Å². The lowest BCUT2D eigenvalue weighted by molar-refractivity contribution is 0.186. The van der Waals surface area contributed by atoms with Gasteiger partial charge in [0.05, 0.1) is 11.5 Å². The summed E-state index contributed by atoms with van der Waals surface area (Å²) in [6, 6.07) is 6.79. The van der Waals surface area contributed by atoms with E-state index in [-0.39, 0.29) is 4.90 Å². The minimum Gasteiger partial charge on any atom is -0.266 e. The van der Waals surface area contributed by atoms with Crippen molar-refractivity contribution in [1.29, 1.82) is 0 Å². The van der Waals surface area contributed by atoms with Crippen LogP contribution in [-0.2, 0) is 14.3 Å². The first-order valence-corrected chi connectivity index (χ1v) is 8.34. The Labute approximate surface area is 116 Å². The molecule has 1 saturated carbocycles. The zero-order chi connectivity index (χ0) is 13.9. The number of hydrogen-bond acceptors (Lipinski definition) is 3. The van der Waals surface area contributed by atoms with E-state index in [1.807, 2.05) is 6.92 Å². The normalized spacial score (nSPS) is 24.3.